The molecule has 2 aromatic carbocycles. The summed E-state index contributed by atoms with van der Waals surface area (Å²) in [5, 5.41) is 13.0. The van der Waals surface area contributed by atoms with E-state index in [9.17, 15) is 9.90 Å². The first-order chi connectivity index (χ1) is 11.1. The zero-order chi connectivity index (χ0) is 16.2. The Bertz CT molecular complexity index is 681. The number of rotatable bonds is 4. The summed E-state index contributed by atoms with van der Waals surface area (Å²) in [5.41, 5.74) is 4.00. The van der Waals surface area contributed by atoms with Crippen LogP contribution < -0.4 is 5.32 Å². The van der Waals surface area contributed by atoms with Gasteiger partial charge in [0.05, 0.1) is 12.7 Å². The quantitative estimate of drug-likeness (QED) is 0.912. The third-order valence-corrected chi connectivity index (χ3v) is 4.16. The number of carbonyl (C=O) groups excluding carboxylic acids is 1. The number of fused-ring (bicyclic) bond motifs is 1. The van der Waals surface area contributed by atoms with Gasteiger partial charge in [0, 0.05) is 6.54 Å². The molecular weight excluding hydrogens is 290 g/mol. The lowest BCUT2D eigenvalue weighted by atomic mass is 9.97. The van der Waals surface area contributed by atoms with Crippen molar-refractivity contribution in [2.45, 2.75) is 25.6 Å². The van der Waals surface area contributed by atoms with Gasteiger partial charge in [-0.1, -0.05) is 54.1 Å². The number of nitrogens with one attached hydrogen (secondary N) is 1. The fraction of sp³-hybridized carbons (Fsp3) is 0.316. The Hall–Kier alpha value is -2.17. The van der Waals surface area contributed by atoms with E-state index in [0.29, 0.717) is 6.61 Å². The first kappa shape index (κ1) is 15.7. The van der Waals surface area contributed by atoms with Gasteiger partial charge in [0.15, 0.2) is 6.10 Å². The van der Waals surface area contributed by atoms with E-state index in [0.717, 1.165) is 28.7 Å². The minimum atomic E-state index is -0.724. The van der Waals surface area contributed by atoms with E-state index in [1.807, 2.05) is 55.5 Å². The summed E-state index contributed by atoms with van der Waals surface area (Å²) in [6, 6.07) is 15.5. The first-order valence-corrected chi connectivity index (χ1v) is 7.87. The maximum Gasteiger partial charge on any atom is 0.253 e. The van der Waals surface area contributed by atoms with E-state index in [4.69, 9.17) is 4.74 Å². The molecular formula is C19H21NO3. The van der Waals surface area contributed by atoms with E-state index < -0.39 is 12.2 Å². The third kappa shape index (κ3) is 3.60. The Morgan fingerprint density at radius 2 is 2.00 bits per heavy atom. The predicted octanol–water partition coefficient (Wildman–Crippen LogP) is 2.46. The Kier molecular flexibility index (Phi) is 4.74. The van der Waals surface area contributed by atoms with Crippen molar-refractivity contribution in [1.82, 2.24) is 5.32 Å². The summed E-state index contributed by atoms with van der Waals surface area (Å²) >= 11 is 0. The van der Waals surface area contributed by atoms with Crippen LogP contribution in [0, 0.1) is 6.92 Å². The number of hydrogen-bond donors (Lipinski definition) is 2. The first-order valence-electron chi connectivity index (χ1n) is 7.87. The van der Waals surface area contributed by atoms with E-state index in [2.05, 4.69) is 5.32 Å². The Balaban J connectivity index is 1.63. The molecule has 1 amide bonds. The highest BCUT2D eigenvalue weighted by Crippen LogP contribution is 2.27. The number of hydrogen-bond acceptors (Lipinski definition) is 3. The largest absolute Gasteiger partial charge is 0.387 e. The second kappa shape index (κ2) is 6.94. The van der Waals surface area contributed by atoms with Crippen molar-refractivity contribution in [3.8, 4) is 0 Å². The second-order valence-electron chi connectivity index (χ2n) is 5.87. The van der Waals surface area contributed by atoms with Gasteiger partial charge in [-0.15, -0.1) is 0 Å². The topological polar surface area (TPSA) is 58.6 Å². The molecule has 2 N–H and O–H groups in total. The van der Waals surface area contributed by atoms with Crippen molar-refractivity contribution in [3.63, 3.8) is 0 Å². The van der Waals surface area contributed by atoms with Crippen LogP contribution in [0.5, 0.6) is 0 Å². The van der Waals surface area contributed by atoms with Crippen molar-refractivity contribution in [3.05, 3.63) is 70.8 Å². The lowest BCUT2D eigenvalue weighted by Gasteiger charge is -2.25. The van der Waals surface area contributed by atoms with Gasteiger partial charge < -0.3 is 15.2 Å². The third-order valence-electron chi connectivity index (χ3n) is 4.16. The van der Waals surface area contributed by atoms with Crippen molar-refractivity contribution >= 4 is 5.91 Å². The lowest BCUT2D eigenvalue weighted by molar-refractivity contribution is -0.134. The highest BCUT2D eigenvalue weighted by molar-refractivity contribution is 5.82. The minimum Gasteiger partial charge on any atom is -0.387 e. The van der Waals surface area contributed by atoms with Crippen molar-refractivity contribution in [1.29, 1.82) is 0 Å². The molecule has 0 bridgehead atoms. The number of aliphatic hydroxyl groups excluding tert-OH is 1. The van der Waals surface area contributed by atoms with E-state index in [-0.39, 0.29) is 12.5 Å². The fourth-order valence-electron chi connectivity index (χ4n) is 2.81. The molecule has 3 rings (SSSR count). The number of benzene rings is 2. The molecule has 2 atom stereocenters. The monoisotopic (exact) mass is 311 g/mol. The van der Waals surface area contributed by atoms with Crippen molar-refractivity contribution in [2.24, 2.45) is 0 Å². The molecule has 0 saturated carbocycles. The van der Waals surface area contributed by atoms with Crippen LogP contribution in [0.1, 0.15) is 34.5 Å². The summed E-state index contributed by atoms with van der Waals surface area (Å²) in [6.45, 7) is 2.70. The van der Waals surface area contributed by atoms with Gasteiger partial charge in [-0.25, -0.2) is 0 Å². The van der Waals surface area contributed by atoms with Gasteiger partial charge in [0.2, 0.25) is 0 Å². The molecule has 1 aliphatic heterocycles. The van der Waals surface area contributed by atoms with Crippen LogP contribution in [0.2, 0.25) is 0 Å². The summed E-state index contributed by atoms with van der Waals surface area (Å²) in [5.74, 6) is -0.205. The van der Waals surface area contributed by atoms with Gasteiger partial charge in [-0.3, -0.25) is 4.79 Å². The summed E-state index contributed by atoms with van der Waals surface area (Å²) < 4.78 is 5.63. The SMILES string of the molecule is Cc1ccc(C(O)CNC(=O)C2OCCc3ccccc32)cc1. The zero-order valence-corrected chi connectivity index (χ0v) is 13.2. The van der Waals surface area contributed by atoms with E-state index in [1.165, 1.54) is 0 Å². The van der Waals surface area contributed by atoms with Crippen LogP contribution in [0.25, 0.3) is 0 Å². The van der Waals surface area contributed by atoms with Gasteiger partial charge in [-0.05, 0) is 30.0 Å². The molecule has 1 aliphatic rings. The molecule has 0 radical (unpaired) electrons. The Labute approximate surface area is 136 Å². The van der Waals surface area contributed by atoms with Crippen LogP contribution in [0.3, 0.4) is 0 Å². The average Bonchev–Trinajstić information content (AvgIpc) is 2.59. The van der Waals surface area contributed by atoms with Crippen LogP contribution in [0.4, 0.5) is 0 Å². The molecule has 0 aliphatic carbocycles. The van der Waals surface area contributed by atoms with Crippen LogP contribution >= 0.6 is 0 Å². The number of aliphatic hydroxyl groups is 1. The molecule has 2 aromatic rings. The highest BCUT2D eigenvalue weighted by atomic mass is 16.5. The lowest BCUT2D eigenvalue weighted by Crippen LogP contribution is -2.36. The zero-order valence-electron chi connectivity index (χ0n) is 13.2. The summed E-state index contributed by atoms with van der Waals surface area (Å²) in [6.07, 6.45) is -0.491. The standard InChI is InChI=1S/C19H21NO3/c1-13-6-8-15(9-7-13)17(21)12-20-19(22)18-16-5-3-2-4-14(16)10-11-23-18/h2-9,17-18,21H,10-12H2,1H3,(H,20,22). The van der Waals surface area contributed by atoms with E-state index >= 15 is 0 Å². The second-order valence-corrected chi connectivity index (χ2v) is 5.87. The maximum atomic E-state index is 12.4. The number of carbonyl (C=O) groups is 1. The molecule has 2 unspecified atom stereocenters. The normalized spacial score (nSPS) is 18.1. The van der Waals surface area contributed by atoms with Gasteiger partial charge in [0.1, 0.15) is 0 Å². The van der Waals surface area contributed by atoms with Gasteiger partial charge in [0.25, 0.3) is 5.91 Å². The molecule has 1 heterocycles. The van der Waals surface area contributed by atoms with Crippen LogP contribution in [0.15, 0.2) is 48.5 Å². The highest BCUT2D eigenvalue weighted by Gasteiger charge is 2.27. The number of amides is 1. The Morgan fingerprint density at radius 1 is 1.26 bits per heavy atom. The smallest absolute Gasteiger partial charge is 0.253 e. The molecule has 0 aromatic heterocycles. The fourth-order valence-corrected chi connectivity index (χ4v) is 2.81. The molecule has 4 nitrogen and oxygen atoms in total. The van der Waals surface area contributed by atoms with E-state index in [1.54, 1.807) is 0 Å². The average molecular weight is 311 g/mol. The molecule has 4 heteroatoms. The summed E-state index contributed by atoms with van der Waals surface area (Å²) in [7, 11) is 0. The number of ether oxygens (including phenoxy) is 1. The van der Waals surface area contributed by atoms with Gasteiger partial charge in [-0.2, -0.15) is 0 Å². The predicted molar refractivity (Wildman–Crippen MR) is 88.0 cm³/mol. The van der Waals surface area contributed by atoms with Crippen LogP contribution in [-0.2, 0) is 16.0 Å². The van der Waals surface area contributed by atoms with Gasteiger partial charge >= 0.3 is 0 Å². The van der Waals surface area contributed by atoms with Crippen LogP contribution in [-0.4, -0.2) is 24.2 Å². The Morgan fingerprint density at radius 3 is 2.78 bits per heavy atom. The summed E-state index contributed by atoms with van der Waals surface area (Å²) in [4.78, 5) is 12.4. The molecule has 23 heavy (non-hydrogen) atoms. The molecule has 0 spiro atoms. The maximum absolute atomic E-state index is 12.4. The molecule has 0 saturated heterocycles. The number of aryl methyl sites for hydroxylation is 1. The van der Waals surface area contributed by atoms with Crippen molar-refractivity contribution < 1.29 is 14.6 Å². The molecule has 0 fully saturated rings. The minimum absolute atomic E-state index is 0.171. The molecule has 120 valence electrons. The van der Waals surface area contributed by atoms with Crippen molar-refractivity contribution in [2.75, 3.05) is 13.2 Å².